The predicted molar refractivity (Wildman–Crippen MR) is 116 cm³/mol. The number of piperidine rings is 1. The number of nitrogens with one attached hydrogen (secondary N) is 2. The molecule has 1 fully saturated rings. The van der Waals surface area contributed by atoms with Crippen molar-refractivity contribution in [2.45, 2.75) is 37.9 Å². The lowest BCUT2D eigenvalue weighted by molar-refractivity contribution is -0.153. The molecule has 0 aromatic heterocycles. The van der Waals surface area contributed by atoms with Gasteiger partial charge in [0, 0.05) is 13.0 Å². The van der Waals surface area contributed by atoms with E-state index in [1.807, 2.05) is 0 Å². The summed E-state index contributed by atoms with van der Waals surface area (Å²) < 4.78 is 36.9. The number of carbonyl (C=O) groups is 5. The molecule has 2 N–H and O–H groups in total. The summed E-state index contributed by atoms with van der Waals surface area (Å²) in [6, 6.07) is 10.5. The van der Waals surface area contributed by atoms with Crippen LogP contribution < -0.4 is 10.6 Å². The van der Waals surface area contributed by atoms with Crippen LogP contribution in [0.25, 0.3) is 11.1 Å². The Morgan fingerprint density at radius 2 is 1.74 bits per heavy atom. The van der Waals surface area contributed by atoms with Crippen LogP contribution in [0.1, 0.15) is 45.5 Å². The second-order valence-electron chi connectivity index (χ2n) is 8.27. The van der Waals surface area contributed by atoms with Crippen molar-refractivity contribution in [2.75, 3.05) is 6.54 Å². The topological polar surface area (TPSA) is 113 Å². The van der Waals surface area contributed by atoms with Crippen molar-refractivity contribution in [1.29, 1.82) is 0 Å². The molecule has 11 heteroatoms. The van der Waals surface area contributed by atoms with E-state index < -0.39 is 48.2 Å². The van der Waals surface area contributed by atoms with Gasteiger partial charge in [-0.25, -0.2) is 0 Å². The Bertz CT molecular complexity index is 1240. The molecule has 0 aliphatic carbocycles. The van der Waals surface area contributed by atoms with Crippen LogP contribution in [0.2, 0.25) is 0 Å². The van der Waals surface area contributed by atoms with Crippen LogP contribution in [-0.4, -0.2) is 53.2 Å². The lowest BCUT2D eigenvalue weighted by atomic mass is 9.95. The van der Waals surface area contributed by atoms with E-state index in [1.54, 1.807) is 36.4 Å². The largest absolute Gasteiger partial charge is 0.397 e. The second kappa shape index (κ2) is 9.32. The summed E-state index contributed by atoms with van der Waals surface area (Å²) in [7, 11) is 0. The van der Waals surface area contributed by atoms with Gasteiger partial charge >= 0.3 is 6.18 Å². The number of benzene rings is 2. The summed E-state index contributed by atoms with van der Waals surface area (Å²) in [6.45, 7) is -0.00797. The average molecular weight is 487 g/mol. The molecule has 8 nitrogen and oxygen atoms in total. The van der Waals surface area contributed by atoms with E-state index in [0.29, 0.717) is 16.7 Å². The Hall–Kier alpha value is -4.02. The monoisotopic (exact) mass is 487 g/mol. The maximum absolute atomic E-state index is 13.3. The first-order valence-electron chi connectivity index (χ1n) is 10.8. The Morgan fingerprint density at radius 3 is 2.46 bits per heavy atom. The third-order valence-electron chi connectivity index (χ3n) is 5.80. The van der Waals surface area contributed by atoms with Crippen LogP contribution in [0.15, 0.2) is 42.5 Å². The van der Waals surface area contributed by atoms with E-state index in [0.717, 1.165) is 4.90 Å². The first-order valence-corrected chi connectivity index (χ1v) is 10.8. The molecule has 182 valence electrons. The molecule has 2 aliphatic heterocycles. The third kappa shape index (κ3) is 5.08. The third-order valence-corrected chi connectivity index (χ3v) is 5.80. The fourth-order valence-electron chi connectivity index (χ4n) is 4.24. The van der Waals surface area contributed by atoms with Gasteiger partial charge in [0.2, 0.25) is 17.7 Å². The van der Waals surface area contributed by atoms with Crippen LogP contribution in [0, 0.1) is 0 Å². The lowest BCUT2D eigenvalue weighted by Gasteiger charge is -2.27. The minimum absolute atomic E-state index is 0.00797. The van der Waals surface area contributed by atoms with Gasteiger partial charge < -0.3 is 5.32 Å². The number of carbonyl (C=O) groups excluding carboxylic acids is 5. The lowest BCUT2D eigenvalue weighted by Crippen LogP contribution is -2.54. The number of hydrogen-bond donors (Lipinski definition) is 2. The molecular weight excluding hydrogens is 467 g/mol. The van der Waals surface area contributed by atoms with Crippen LogP contribution in [0.3, 0.4) is 0 Å². The molecule has 2 aromatic carbocycles. The Labute approximate surface area is 197 Å². The number of alkyl halides is 3. The molecule has 2 heterocycles. The van der Waals surface area contributed by atoms with E-state index in [1.165, 1.54) is 6.07 Å². The standard InChI is InChI=1S/C24H20F3N3O5/c25-24(26,27)12-19(32)28-10-9-13-3-1-4-14(11-13)15-5-2-6-16-20(15)23(35)30(22(16)34)17-7-8-18(31)29-21(17)33/h1-6,11,17H,7-10,12H2,(H,28,32)(H,29,31,33). The van der Waals surface area contributed by atoms with Gasteiger partial charge in [0.15, 0.2) is 0 Å². The zero-order valence-electron chi connectivity index (χ0n) is 18.3. The molecule has 0 spiro atoms. The van der Waals surface area contributed by atoms with E-state index in [4.69, 9.17) is 0 Å². The van der Waals surface area contributed by atoms with Crippen molar-refractivity contribution in [3.05, 3.63) is 59.2 Å². The summed E-state index contributed by atoms with van der Waals surface area (Å²) in [4.78, 5) is 62.3. The van der Waals surface area contributed by atoms with Crippen molar-refractivity contribution in [3.63, 3.8) is 0 Å². The van der Waals surface area contributed by atoms with Gasteiger partial charge in [0.1, 0.15) is 12.5 Å². The normalized spacial score (nSPS) is 17.9. The van der Waals surface area contributed by atoms with Gasteiger partial charge in [-0.3, -0.25) is 34.2 Å². The quantitative estimate of drug-likeness (QED) is 0.608. The number of halogens is 3. The predicted octanol–water partition coefficient (Wildman–Crippen LogP) is 2.37. The van der Waals surface area contributed by atoms with Crippen molar-refractivity contribution in [3.8, 4) is 11.1 Å². The van der Waals surface area contributed by atoms with Gasteiger partial charge in [-0.1, -0.05) is 36.4 Å². The van der Waals surface area contributed by atoms with E-state index >= 15 is 0 Å². The highest BCUT2D eigenvalue weighted by Crippen LogP contribution is 2.35. The second-order valence-corrected chi connectivity index (χ2v) is 8.27. The zero-order chi connectivity index (χ0) is 25.3. The van der Waals surface area contributed by atoms with E-state index in [9.17, 15) is 37.1 Å². The minimum Gasteiger partial charge on any atom is -0.355 e. The van der Waals surface area contributed by atoms with Gasteiger partial charge in [-0.15, -0.1) is 0 Å². The summed E-state index contributed by atoms with van der Waals surface area (Å²) in [5, 5.41) is 4.38. The van der Waals surface area contributed by atoms with Gasteiger partial charge in [0.25, 0.3) is 11.8 Å². The molecule has 0 saturated carbocycles. The fraction of sp³-hybridized carbons (Fsp3) is 0.292. The molecule has 4 rings (SSSR count). The molecule has 0 radical (unpaired) electrons. The molecule has 2 aromatic rings. The smallest absolute Gasteiger partial charge is 0.355 e. The number of fused-ring (bicyclic) bond motifs is 1. The van der Waals surface area contributed by atoms with Gasteiger partial charge in [-0.2, -0.15) is 13.2 Å². The number of imide groups is 2. The molecule has 0 bridgehead atoms. The number of nitrogens with zero attached hydrogens (tertiary/aromatic N) is 1. The molecule has 5 amide bonds. The highest BCUT2D eigenvalue weighted by Gasteiger charge is 2.45. The van der Waals surface area contributed by atoms with Crippen molar-refractivity contribution >= 4 is 29.5 Å². The van der Waals surface area contributed by atoms with Crippen molar-refractivity contribution in [1.82, 2.24) is 15.5 Å². The van der Waals surface area contributed by atoms with Crippen LogP contribution in [-0.2, 0) is 20.8 Å². The van der Waals surface area contributed by atoms with Crippen LogP contribution in [0.5, 0.6) is 0 Å². The van der Waals surface area contributed by atoms with Crippen LogP contribution in [0.4, 0.5) is 13.2 Å². The van der Waals surface area contributed by atoms with E-state index in [-0.39, 0.29) is 36.9 Å². The average Bonchev–Trinajstić information content (AvgIpc) is 3.03. The van der Waals surface area contributed by atoms with Gasteiger partial charge in [-0.05, 0) is 35.6 Å². The molecule has 1 saturated heterocycles. The summed E-state index contributed by atoms with van der Waals surface area (Å²) in [5.74, 6) is -3.54. The Kier molecular flexibility index (Phi) is 6.42. The summed E-state index contributed by atoms with van der Waals surface area (Å²) in [5.41, 5.74) is 2.02. The fourth-order valence-corrected chi connectivity index (χ4v) is 4.24. The van der Waals surface area contributed by atoms with Crippen molar-refractivity contribution < 1.29 is 37.1 Å². The zero-order valence-corrected chi connectivity index (χ0v) is 18.3. The number of rotatable bonds is 6. The molecular formula is C24H20F3N3O5. The number of hydrogen-bond acceptors (Lipinski definition) is 5. The van der Waals surface area contributed by atoms with Gasteiger partial charge in [0.05, 0.1) is 11.1 Å². The molecule has 35 heavy (non-hydrogen) atoms. The van der Waals surface area contributed by atoms with Crippen molar-refractivity contribution in [2.24, 2.45) is 0 Å². The van der Waals surface area contributed by atoms with E-state index in [2.05, 4.69) is 10.6 Å². The molecule has 1 atom stereocenters. The Balaban J connectivity index is 1.54. The maximum Gasteiger partial charge on any atom is 0.397 e. The van der Waals surface area contributed by atoms with Crippen LogP contribution >= 0.6 is 0 Å². The minimum atomic E-state index is -4.58. The SMILES string of the molecule is O=C(CC(F)(F)F)NCCc1cccc(-c2cccc3c2C(=O)N(C2CCC(=O)NC2=O)C3=O)c1. The highest BCUT2D eigenvalue weighted by molar-refractivity contribution is 6.25. The number of amides is 5. The summed E-state index contributed by atoms with van der Waals surface area (Å²) >= 11 is 0. The first kappa shape index (κ1) is 24.1. The first-order chi connectivity index (χ1) is 16.5. The molecule has 2 aliphatic rings. The highest BCUT2D eigenvalue weighted by atomic mass is 19.4. The molecule has 1 unspecified atom stereocenters. The Morgan fingerprint density at radius 1 is 1.03 bits per heavy atom. The summed E-state index contributed by atoms with van der Waals surface area (Å²) in [6.07, 6.45) is -5.83. The maximum atomic E-state index is 13.3.